The summed E-state index contributed by atoms with van der Waals surface area (Å²) >= 11 is 0. The van der Waals surface area contributed by atoms with Gasteiger partial charge in [0.1, 0.15) is 17.1 Å². The molecule has 0 bridgehead atoms. The van der Waals surface area contributed by atoms with Gasteiger partial charge in [0.25, 0.3) is 0 Å². The van der Waals surface area contributed by atoms with Gasteiger partial charge >= 0.3 is 5.97 Å². The minimum atomic E-state index is -0.344. The summed E-state index contributed by atoms with van der Waals surface area (Å²) in [6.07, 6.45) is 2.68. The molecule has 1 saturated carbocycles. The summed E-state index contributed by atoms with van der Waals surface area (Å²) in [6.45, 7) is 7.72. The van der Waals surface area contributed by atoms with E-state index in [0.29, 0.717) is 17.9 Å². The van der Waals surface area contributed by atoms with Crippen LogP contribution >= 0.6 is 0 Å². The minimum Gasteiger partial charge on any atom is -0.465 e. The summed E-state index contributed by atoms with van der Waals surface area (Å²) in [6, 6.07) is 2.56. The summed E-state index contributed by atoms with van der Waals surface area (Å²) in [5, 5.41) is 3.36. The van der Waals surface area contributed by atoms with E-state index in [4.69, 9.17) is 9.15 Å². The van der Waals surface area contributed by atoms with E-state index >= 15 is 0 Å². The molecule has 2 rings (SSSR count). The molecule has 0 aromatic carbocycles. The van der Waals surface area contributed by atoms with Gasteiger partial charge in [-0.2, -0.15) is 0 Å². The van der Waals surface area contributed by atoms with Crippen LogP contribution in [-0.4, -0.2) is 43.7 Å². The molecule has 0 radical (unpaired) electrons. The molecule has 1 aliphatic rings. The lowest BCUT2D eigenvalue weighted by Crippen LogP contribution is -2.33. The molecule has 1 fully saturated rings. The molecule has 0 unspecified atom stereocenters. The highest BCUT2D eigenvalue weighted by atomic mass is 16.5. The molecular formula is C15H24N2O3. The first-order chi connectivity index (χ1) is 9.65. The minimum absolute atomic E-state index is 0.344. The van der Waals surface area contributed by atoms with E-state index in [0.717, 1.165) is 31.4 Å². The Kier molecular flexibility index (Phi) is 5.20. The number of methoxy groups -OCH3 is 1. The van der Waals surface area contributed by atoms with Crippen molar-refractivity contribution in [2.24, 2.45) is 0 Å². The lowest BCUT2D eigenvalue weighted by molar-refractivity contribution is 0.0599. The summed E-state index contributed by atoms with van der Waals surface area (Å²) in [7, 11) is 1.38. The number of hydrogen-bond acceptors (Lipinski definition) is 5. The number of furan rings is 1. The Hall–Kier alpha value is -1.33. The van der Waals surface area contributed by atoms with Crippen molar-refractivity contribution in [2.45, 2.75) is 39.3 Å². The van der Waals surface area contributed by atoms with Gasteiger partial charge in [0, 0.05) is 19.1 Å². The third-order valence-corrected chi connectivity index (χ3v) is 3.72. The Morgan fingerprint density at radius 2 is 2.30 bits per heavy atom. The van der Waals surface area contributed by atoms with E-state index in [-0.39, 0.29) is 5.97 Å². The summed E-state index contributed by atoms with van der Waals surface area (Å²) in [4.78, 5) is 14.0. The Morgan fingerprint density at radius 3 is 2.90 bits per heavy atom. The van der Waals surface area contributed by atoms with Crippen LogP contribution < -0.4 is 5.32 Å². The van der Waals surface area contributed by atoms with Crippen molar-refractivity contribution in [3.8, 4) is 0 Å². The number of rotatable bonds is 8. The molecule has 1 aromatic rings. The summed E-state index contributed by atoms with van der Waals surface area (Å²) in [5.41, 5.74) is 0.512. The second kappa shape index (κ2) is 6.90. The molecule has 0 atom stereocenters. The summed E-state index contributed by atoms with van der Waals surface area (Å²) < 4.78 is 10.3. The standard InChI is InChI=1S/C15H24N2O3/c1-4-17(12-5-6-12)8-7-16-10-13-9-14(11(2)20-13)15(18)19-3/h9,12,16H,4-8,10H2,1-3H3. The van der Waals surface area contributed by atoms with E-state index in [2.05, 4.69) is 17.1 Å². The van der Waals surface area contributed by atoms with E-state index in [9.17, 15) is 4.79 Å². The number of carbonyl (C=O) groups excluding carboxylic acids is 1. The Balaban J connectivity index is 1.75. The Labute approximate surface area is 120 Å². The number of hydrogen-bond donors (Lipinski definition) is 1. The van der Waals surface area contributed by atoms with Crippen LogP contribution in [0.15, 0.2) is 10.5 Å². The van der Waals surface area contributed by atoms with Crippen LogP contribution in [0.2, 0.25) is 0 Å². The van der Waals surface area contributed by atoms with Crippen LogP contribution in [0.25, 0.3) is 0 Å². The maximum absolute atomic E-state index is 11.5. The number of esters is 1. The van der Waals surface area contributed by atoms with Gasteiger partial charge in [-0.05, 0) is 32.4 Å². The van der Waals surface area contributed by atoms with Crippen LogP contribution in [-0.2, 0) is 11.3 Å². The Bertz CT molecular complexity index is 452. The number of aryl methyl sites for hydroxylation is 1. The average molecular weight is 280 g/mol. The quantitative estimate of drug-likeness (QED) is 0.582. The first kappa shape index (κ1) is 15.1. The maximum Gasteiger partial charge on any atom is 0.341 e. The maximum atomic E-state index is 11.5. The smallest absolute Gasteiger partial charge is 0.341 e. The molecule has 5 heteroatoms. The molecule has 0 aliphatic heterocycles. The van der Waals surface area contributed by atoms with E-state index in [1.807, 2.05) is 0 Å². The van der Waals surface area contributed by atoms with Crippen molar-refractivity contribution in [3.63, 3.8) is 0 Å². The highest BCUT2D eigenvalue weighted by molar-refractivity contribution is 5.90. The normalized spacial score (nSPS) is 14.8. The van der Waals surface area contributed by atoms with Gasteiger partial charge in [0.2, 0.25) is 0 Å². The molecule has 5 nitrogen and oxygen atoms in total. The molecule has 0 saturated heterocycles. The van der Waals surface area contributed by atoms with Gasteiger partial charge in [0.05, 0.1) is 13.7 Å². The van der Waals surface area contributed by atoms with Crippen LogP contribution in [0.1, 0.15) is 41.6 Å². The van der Waals surface area contributed by atoms with Crippen molar-refractivity contribution in [2.75, 3.05) is 26.7 Å². The van der Waals surface area contributed by atoms with Crippen molar-refractivity contribution in [3.05, 3.63) is 23.2 Å². The van der Waals surface area contributed by atoms with Gasteiger partial charge < -0.3 is 14.5 Å². The molecule has 1 N–H and O–H groups in total. The number of carbonyl (C=O) groups is 1. The fourth-order valence-electron chi connectivity index (χ4n) is 2.42. The van der Waals surface area contributed by atoms with Crippen LogP contribution in [0, 0.1) is 6.92 Å². The third-order valence-electron chi connectivity index (χ3n) is 3.72. The SMILES string of the molecule is CCN(CCNCc1cc(C(=O)OC)c(C)o1)C1CC1. The third kappa shape index (κ3) is 3.84. The largest absolute Gasteiger partial charge is 0.465 e. The second-order valence-corrected chi connectivity index (χ2v) is 5.21. The predicted octanol–water partition coefficient (Wildman–Crippen LogP) is 1.95. The molecule has 0 amide bonds. The molecular weight excluding hydrogens is 256 g/mol. The monoisotopic (exact) mass is 280 g/mol. The number of nitrogens with zero attached hydrogens (tertiary/aromatic N) is 1. The number of ether oxygens (including phenoxy) is 1. The van der Waals surface area contributed by atoms with Gasteiger partial charge in [-0.3, -0.25) is 4.90 Å². The van der Waals surface area contributed by atoms with Gasteiger partial charge in [0.15, 0.2) is 0 Å². The fraction of sp³-hybridized carbons (Fsp3) is 0.667. The van der Waals surface area contributed by atoms with Crippen LogP contribution in [0.5, 0.6) is 0 Å². The van der Waals surface area contributed by atoms with E-state index < -0.39 is 0 Å². The van der Waals surface area contributed by atoms with Crippen molar-refractivity contribution in [1.29, 1.82) is 0 Å². The zero-order valence-electron chi connectivity index (χ0n) is 12.6. The van der Waals surface area contributed by atoms with Crippen LogP contribution in [0.3, 0.4) is 0 Å². The molecule has 1 aliphatic carbocycles. The lowest BCUT2D eigenvalue weighted by Gasteiger charge is -2.19. The first-order valence-electron chi connectivity index (χ1n) is 7.28. The highest BCUT2D eigenvalue weighted by Gasteiger charge is 2.27. The fourth-order valence-corrected chi connectivity index (χ4v) is 2.42. The lowest BCUT2D eigenvalue weighted by atomic mass is 10.2. The number of likely N-dealkylation sites (N-methyl/N-ethyl adjacent to an activating group) is 1. The van der Waals surface area contributed by atoms with Crippen molar-refractivity contribution < 1.29 is 13.9 Å². The molecule has 0 spiro atoms. The van der Waals surface area contributed by atoms with Crippen molar-refractivity contribution in [1.82, 2.24) is 10.2 Å². The average Bonchev–Trinajstić information content (AvgIpc) is 3.21. The predicted molar refractivity (Wildman–Crippen MR) is 76.8 cm³/mol. The zero-order chi connectivity index (χ0) is 14.5. The van der Waals surface area contributed by atoms with Gasteiger partial charge in [-0.25, -0.2) is 4.79 Å². The first-order valence-corrected chi connectivity index (χ1v) is 7.28. The van der Waals surface area contributed by atoms with Gasteiger partial charge in [-0.1, -0.05) is 6.92 Å². The second-order valence-electron chi connectivity index (χ2n) is 5.21. The van der Waals surface area contributed by atoms with Gasteiger partial charge in [-0.15, -0.1) is 0 Å². The molecule has 112 valence electrons. The van der Waals surface area contributed by atoms with Crippen molar-refractivity contribution >= 4 is 5.97 Å². The molecule has 1 heterocycles. The Morgan fingerprint density at radius 1 is 1.55 bits per heavy atom. The molecule has 20 heavy (non-hydrogen) atoms. The summed E-state index contributed by atoms with van der Waals surface area (Å²) in [5.74, 6) is 1.04. The highest BCUT2D eigenvalue weighted by Crippen LogP contribution is 2.25. The van der Waals surface area contributed by atoms with E-state index in [1.165, 1.54) is 20.0 Å². The topological polar surface area (TPSA) is 54.7 Å². The van der Waals surface area contributed by atoms with E-state index in [1.54, 1.807) is 13.0 Å². The molecule has 1 aromatic heterocycles. The number of nitrogens with one attached hydrogen (secondary N) is 1. The van der Waals surface area contributed by atoms with Crippen LogP contribution in [0.4, 0.5) is 0 Å². The zero-order valence-corrected chi connectivity index (χ0v) is 12.6.